The number of nitrogens with zero attached hydrogens (tertiary/aromatic N) is 1. The van der Waals surface area contributed by atoms with Crippen molar-refractivity contribution in [1.29, 1.82) is 0 Å². The summed E-state index contributed by atoms with van der Waals surface area (Å²) >= 11 is 0. The molecule has 1 N–H and O–H groups in total. The Morgan fingerprint density at radius 1 is 1.18 bits per heavy atom. The van der Waals surface area contributed by atoms with Crippen LogP contribution in [0.2, 0.25) is 25.7 Å². The van der Waals surface area contributed by atoms with Crippen LogP contribution in [0.4, 0.5) is 0 Å². The van der Waals surface area contributed by atoms with Crippen LogP contribution in [0.5, 0.6) is 0 Å². The van der Waals surface area contributed by atoms with Crippen LogP contribution >= 0.6 is 0 Å². The Balaban J connectivity index is 0. The van der Waals surface area contributed by atoms with Gasteiger partial charge in [0.15, 0.2) is 8.32 Å². The van der Waals surface area contributed by atoms with Gasteiger partial charge >= 0.3 is 0 Å². The summed E-state index contributed by atoms with van der Waals surface area (Å²) in [6.07, 6.45) is 1.34. The van der Waals surface area contributed by atoms with Crippen LogP contribution in [-0.4, -0.2) is 55.7 Å². The molecule has 0 aromatic carbocycles. The van der Waals surface area contributed by atoms with Gasteiger partial charge in [0.1, 0.15) is 9.76 Å². The summed E-state index contributed by atoms with van der Waals surface area (Å²) in [5.41, 5.74) is 0. The Labute approximate surface area is 112 Å². The number of nitrogens with one attached hydrogen (secondary N) is 1. The van der Waals surface area contributed by atoms with E-state index in [9.17, 15) is 0 Å². The second kappa shape index (κ2) is 10.3. The van der Waals surface area contributed by atoms with Crippen molar-refractivity contribution < 1.29 is 4.12 Å². The van der Waals surface area contributed by atoms with Crippen molar-refractivity contribution in [2.75, 3.05) is 32.7 Å². The van der Waals surface area contributed by atoms with Gasteiger partial charge in [-0.15, -0.1) is 0 Å². The van der Waals surface area contributed by atoms with Gasteiger partial charge in [0, 0.05) is 26.2 Å². The van der Waals surface area contributed by atoms with Gasteiger partial charge in [-0.3, -0.25) is 0 Å². The van der Waals surface area contributed by atoms with Crippen LogP contribution in [-0.2, 0) is 4.12 Å². The van der Waals surface area contributed by atoms with Gasteiger partial charge in [0.2, 0.25) is 0 Å². The molecule has 0 aliphatic carbocycles. The summed E-state index contributed by atoms with van der Waals surface area (Å²) in [7, 11) is -1.43. The molecule has 0 saturated carbocycles. The first-order valence-electron chi connectivity index (χ1n) is 6.15. The highest BCUT2D eigenvalue weighted by atomic mass is 28.4. The standard InChI is InChI=1S/C10H26N2OSi2.2CH4/c1-15(2,3)13-14-10-4-7-12-8-5-11-6-9-12;;/h11H,4-10,14H2,1-3H3;2*1H4. The van der Waals surface area contributed by atoms with Gasteiger partial charge in [-0.1, -0.05) is 14.9 Å². The summed E-state index contributed by atoms with van der Waals surface area (Å²) in [5, 5.41) is 3.38. The molecule has 1 saturated heterocycles. The first-order chi connectivity index (χ1) is 7.08. The molecular formula is C12H34N2OSi2. The Kier molecular flexibility index (Phi) is 11.9. The molecule has 3 nitrogen and oxygen atoms in total. The van der Waals surface area contributed by atoms with Crippen LogP contribution in [0.3, 0.4) is 0 Å². The third-order valence-electron chi connectivity index (χ3n) is 2.61. The van der Waals surface area contributed by atoms with E-state index in [0.29, 0.717) is 0 Å². The average Bonchev–Trinajstić information content (AvgIpc) is 2.17. The van der Waals surface area contributed by atoms with E-state index in [1.54, 1.807) is 0 Å². The van der Waals surface area contributed by atoms with Gasteiger partial charge in [0.05, 0.1) is 0 Å². The Bertz CT molecular complexity index is 168. The third-order valence-corrected chi connectivity index (χ3v) is 7.68. The number of hydrogen-bond donors (Lipinski definition) is 1. The van der Waals surface area contributed by atoms with E-state index in [4.69, 9.17) is 4.12 Å². The number of piperazine rings is 1. The van der Waals surface area contributed by atoms with Crippen molar-refractivity contribution in [1.82, 2.24) is 10.2 Å². The van der Waals surface area contributed by atoms with Crippen molar-refractivity contribution in [2.24, 2.45) is 0 Å². The Hall–Kier alpha value is 0.314. The molecule has 0 bridgehead atoms. The fourth-order valence-corrected chi connectivity index (χ4v) is 5.21. The van der Waals surface area contributed by atoms with Crippen molar-refractivity contribution >= 4 is 18.1 Å². The van der Waals surface area contributed by atoms with Crippen molar-refractivity contribution in [3.05, 3.63) is 0 Å². The molecule has 0 aromatic heterocycles. The van der Waals surface area contributed by atoms with Crippen LogP contribution < -0.4 is 5.32 Å². The molecule has 0 spiro atoms. The molecule has 0 aromatic rings. The van der Waals surface area contributed by atoms with Crippen LogP contribution in [0.15, 0.2) is 0 Å². The van der Waals surface area contributed by atoms with E-state index in [0.717, 1.165) is 0 Å². The zero-order valence-corrected chi connectivity index (χ0v) is 12.9. The van der Waals surface area contributed by atoms with Crippen molar-refractivity contribution in [2.45, 2.75) is 47.0 Å². The molecule has 1 rings (SSSR count). The highest BCUT2D eigenvalue weighted by molar-refractivity contribution is 6.73. The summed E-state index contributed by atoms with van der Waals surface area (Å²) in [4.78, 5) is 2.57. The van der Waals surface area contributed by atoms with Crippen LogP contribution in [0.25, 0.3) is 0 Å². The lowest BCUT2D eigenvalue weighted by Gasteiger charge is -2.27. The molecule has 0 amide bonds. The molecule has 0 atom stereocenters. The third kappa shape index (κ3) is 11.2. The maximum atomic E-state index is 5.97. The fourth-order valence-electron chi connectivity index (χ4n) is 1.75. The van der Waals surface area contributed by atoms with E-state index in [2.05, 4.69) is 29.9 Å². The highest BCUT2D eigenvalue weighted by Crippen LogP contribution is 2.04. The van der Waals surface area contributed by atoms with E-state index in [-0.39, 0.29) is 24.6 Å². The van der Waals surface area contributed by atoms with Crippen molar-refractivity contribution in [3.8, 4) is 0 Å². The lowest BCUT2D eigenvalue weighted by molar-refractivity contribution is 0.241. The lowest BCUT2D eigenvalue weighted by atomic mass is 10.3. The quantitative estimate of drug-likeness (QED) is 0.593. The molecule has 1 aliphatic rings. The topological polar surface area (TPSA) is 24.5 Å². The van der Waals surface area contributed by atoms with Gasteiger partial charge in [-0.25, -0.2) is 0 Å². The van der Waals surface area contributed by atoms with Crippen LogP contribution in [0.1, 0.15) is 21.3 Å². The second-order valence-electron chi connectivity index (χ2n) is 5.26. The SMILES string of the molecule is C.C.C[Si](C)(C)O[SiH2]CCCN1CCNCC1. The second-order valence-corrected chi connectivity index (χ2v) is 11.8. The molecule has 1 heterocycles. The van der Waals surface area contributed by atoms with E-state index in [1.807, 2.05) is 0 Å². The molecular weight excluding hydrogens is 244 g/mol. The molecule has 5 heteroatoms. The fraction of sp³-hybridized carbons (Fsp3) is 1.00. The Morgan fingerprint density at radius 3 is 2.29 bits per heavy atom. The predicted octanol–water partition coefficient (Wildman–Crippen LogP) is 1.91. The number of hydrogen-bond acceptors (Lipinski definition) is 3. The molecule has 1 fully saturated rings. The zero-order valence-electron chi connectivity index (χ0n) is 10.5. The van der Waals surface area contributed by atoms with E-state index >= 15 is 0 Å². The lowest BCUT2D eigenvalue weighted by Crippen LogP contribution is -2.43. The minimum Gasteiger partial charge on any atom is -0.461 e. The average molecular weight is 279 g/mol. The Morgan fingerprint density at radius 2 is 1.76 bits per heavy atom. The molecule has 1 aliphatic heterocycles. The van der Waals surface area contributed by atoms with Gasteiger partial charge in [0.25, 0.3) is 0 Å². The molecule has 17 heavy (non-hydrogen) atoms. The first kappa shape index (κ1) is 19.6. The predicted molar refractivity (Wildman–Crippen MR) is 85.2 cm³/mol. The minimum atomic E-state index is -1.21. The van der Waals surface area contributed by atoms with Gasteiger partial charge in [-0.2, -0.15) is 0 Å². The van der Waals surface area contributed by atoms with Gasteiger partial charge in [-0.05, 0) is 38.7 Å². The van der Waals surface area contributed by atoms with E-state index in [1.165, 1.54) is 45.2 Å². The van der Waals surface area contributed by atoms with E-state index < -0.39 is 8.32 Å². The maximum Gasteiger partial charge on any atom is 0.169 e. The van der Waals surface area contributed by atoms with Crippen LogP contribution in [0, 0.1) is 0 Å². The largest absolute Gasteiger partial charge is 0.461 e. The van der Waals surface area contributed by atoms with Gasteiger partial charge < -0.3 is 14.3 Å². The molecule has 0 unspecified atom stereocenters. The minimum absolute atomic E-state index is 0. The smallest absolute Gasteiger partial charge is 0.169 e. The van der Waals surface area contributed by atoms with Crippen molar-refractivity contribution in [3.63, 3.8) is 0 Å². The normalized spacial score (nSPS) is 17.8. The summed E-state index contributed by atoms with van der Waals surface area (Å²) in [6.45, 7) is 12.9. The summed E-state index contributed by atoms with van der Waals surface area (Å²) in [6, 6.07) is 1.36. The number of rotatable bonds is 6. The highest BCUT2D eigenvalue weighted by Gasteiger charge is 2.13. The monoisotopic (exact) mass is 278 g/mol. The zero-order chi connectivity index (χ0) is 11.1. The summed E-state index contributed by atoms with van der Waals surface area (Å²) < 4.78 is 5.97. The summed E-state index contributed by atoms with van der Waals surface area (Å²) in [5.74, 6) is 0. The molecule has 106 valence electrons. The molecule has 0 radical (unpaired) electrons. The first-order valence-corrected chi connectivity index (χ1v) is 11.1. The maximum absolute atomic E-state index is 5.97.